The predicted molar refractivity (Wildman–Crippen MR) is 99.1 cm³/mol. The number of methoxy groups -OCH3 is 1. The van der Waals surface area contributed by atoms with Crippen LogP contribution in [0.15, 0.2) is 41.3 Å². The van der Waals surface area contributed by atoms with Gasteiger partial charge in [0, 0.05) is 6.54 Å². The second-order valence-corrected chi connectivity index (χ2v) is 7.73. The number of hydrogen-bond acceptors (Lipinski definition) is 5. The summed E-state index contributed by atoms with van der Waals surface area (Å²) in [4.78, 5) is 11.7. The third-order valence-corrected chi connectivity index (χ3v) is 5.52. The van der Waals surface area contributed by atoms with Crippen molar-refractivity contribution < 1.29 is 22.7 Å². The van der Waals surface area contributed by atoms with Crippen molar-refractivity contribution in [3.8, 4) is 5.75 Å². The van der Waals surface area contributed by atoms with Crippen LogP contribution in [0.25, 0.3) is 0 Å². The average molecular weight is 377 g/mol. The third kappa shape index (κ3) is 4.83. The van der Waals surface area contributed by atoms with Crippen LogP contribution in [-0.4, -0.2) is 34.6 Å². The van der Waals surface area contributed by atoms with E-state index in [0.717, 1.165) is 5.56 Å². The van der Waals surface area contributed by atoms with Crippen LogP contribution < -0.4 is 9.46 Å². The van der Waals surface area contributed by atoms with Crippen molar-refractivity contribution in [2.75, 3.05) is 20.3 Å². The van der Waals surface area contributed by atoms with E-state index in [1.807, 2.05) is 32.0 Å². The summed E-state index contributed by atoms with van der Waals surface area (Å²) in [5, 5.41) is 0. The first-order chi connectivity index (χ1) is 12.2. The highest BCUT2D eigenvalue weighted by molar-refractivity contribution is 7.89. The fourth-order valence-corrected chi connectivity index (χ4v) is 3.37. The number of ether oxygens (including phenoxy) is 2. The van der Waals surface area contributed by atoms with E-state index in [4.69, 9.17) is 4.74 Å². The molecule has 0 radical (unpaired) electrons. The highest BCUT2D eigenvalue weighted by Gasteiger charge is 2.18. The van der Waals surface area contributed by atoms with E-state index in [1.165, 1.54) is 24.8 Å². The quantitative estimate of drug-likeness (QED) is 0.593. The topological polar surface area (TPSA) is 81.7 Å². The smallest absolute Gasteiger partial charge is 0.338 e. The Bertz CT molecular complexity index is 906. The van der Waals surface area contributed by atoms with Gasteiger partial charge in [0.05, 0.1) is 17.6 Å². The maximum Gasteiger partial charge on any atom is 0.338 e. The molecule has 0 fully saturated rings. The van der Waals surface area contributed by atoms with Crippen LogP contribution in [0, 0.1) is 20.8 Å². The van der Waals surface area contributed by atoms with Crippen LogP contribution in [0.4, 0.5) is 0 Å². The van der Waals surface area contributed by atoms with Crippen molar-refractivity contribution in [2.45, 2.75) is 25.7 Å². The minimum absolute atomic E-state index is 0.00896. The largest absolute Gasteiger partial charge is 0.492 e. The molecule has 1 N–H and O–H groups in total. The Hall–Kier alpha value is -2.38. The highest BCUT2D eigenvalue weighted by atomic mass is 32.2. The molecular weight excluding hydrogens is 354 g/mol. The molecule has 140 valence electrons. The van der Waals surface area contributed by atoms with E-state index >= 15 is 0 Å². The zero-order chi connectivity index (χ0) is 19.3. The van der Waals surface area contributed by atoms with Crippen LogP contribution in [0.3, 0.4) is 0 Å². The fraction of sp³-hybridized carbons (Fsp3) is 0.316. The van der Waals surface area contributed by atoms with Gasteiger partial charge in [0.1, 0.15) is 12.4 Å². The summed E-state index contributed by atoms with van der Waals surface area (Å²) in [6, 6.07) is 10.1. The van der Waals surface area contributed by atoms with Gasteiger partial charge in [-0.25, -0.2) is 17.9 Å². The molecule has 0 aromatic heterocycles. The molecule has 0 amide bonds. The van der Waals surface area contributed by atoms with Gasteiger partial charge in [-0.1, -0.05) is 12.1 Å². The summed E-state index contributed by atoms with van der Waals surface area (Å²) in [7, 11) is -2.49. The zero-order valence-electron chi connectivity index (χ0n) is 15.3. The Labute approximate surface area is 154 Å². The monoisotopic (exact) mass is 377 g/mol. The number of carbonyl (C=O) groups excluding carboxylic acids is 1. The number of carbonyl (C=O) groups is 1. The van der Waals surface area contributed by atoms with Crippen molar-refractivity contribution >= 4 is 16.0 Å². The van der Waals surface area contributed by atoms with Crippen LogP contribution in [0.5, 0.6) is 5.75 Å². The first-order valence-electron chi connectivity index (χ1n) is 8.13. The van der Waals surface area contributed by atoms with E-state index in [1.54, 1.807) is 13.0 Å². The second-order valence-electron chi connectivity index (χ2n) is 5.96. The van der Waals surface area contributed by atoms with Crippen molar-refractivity contribution in [3.05, 3.63) is 58.7 Å². The lowest BCUT2D eigenvalue weighted by molar-refractivity contribution is 0.0599. The average Bonchev–Trinajstić information content (AvgIpc) is 2.61. The molecule has 0 aliphatic carbocycles. The van der Waals surface area contributed by atoms with Gasteiger partial charge in [-0.3, -0.25) is 0 Å². The van der Waals surface area contributed by atoms with Crippen LogP contribution in [0.1, 0.15) is 27.0 Å². The molecule has 0 aliphatic heterocycles. The summed E-state index contributed by atoms with van der Waals surface area (Å²) >= 11 is 0. The summed E-state index contributed by atoms with van der Waals surface area (Å²) in [6.45, 7) is 6.01. The van der Waals surface area contributed by atoms with Gasteiger partial charge in [-0.15, -0.1) is 0 Å². The minimum atomic E-state index is -3.75. The zero-order valence-corrected chi connectivity index (χ0v) is 16.1. The van der Waals surface area contributed by atoms with Crippen molar-refractivity contribution in [1.82, 2.24) is 4.72 Å². The molecule has 2 rings (SSSR count). The Morgan fingerprint density at radius 1 is 1.00 bits per heavy atom. The van der Waals surface area contributed by atoms with E-state index in [2.05, 4.69) is 9.46 Å². The Balaban J connectivity index is 2.00. The Morgan fingerprint density at radius 3 is 2.35 bits per heavy atom. The molecule has 2 aromatic carbocycles. The van der Waals surface area contributed by atoms with Gasteiger partial charge >= 0.3 is 5.97 Å². The van der Waals surface area contributed by atoms with E-state index in [0.29, 0.717) is 11.3 Å². The molecule has 0 saturated heterocycles. The van der Waals surface area contributed by atoms with Crippen molar-refractivity contribution in [3.63, 3.8) is 0 Å². The Morgan fingerprint density at radius 2 is 1.69 bits per heavy atom. The molecule has 0 aliphatic rings. The standard InChI is InChI=1S/C19H23NO5S/c1-13-5-7-16(11-15(13)3)25-10-9-20-26(22,23)17-8-6-14(2)18(12-17)19(21)24-4/h5-8,11-12,20H,9-10H2,1-4H3. The molecule has 7 heteroatoms. The normalized spacial score (nSPS) is 11.2. The molecule has 2 aromatic rings. The molecule has 0 atom stereocenters. The lowest BCUT2D eigenvalue weighted by atomic mass is 10.1. The minimum Gasteiger partial charge on any atom is -0.492 e. The molecule has 0 saturated carbocycles. The molecule has 0 spiro atoms. The SMILES string of the molecule is COC(=O)c1cc(S(=O)(=O)NCCOc2ccc(C)c(C)c2)ccc1C. The predicted octanol–water partition coefficient (Wildman–Crippen LogP) is 2.76. The van der Waals surface area contributed by atoms with Gasteiger partial charge in [0.15, 0.2) is 0 Å². The second kappa shape index (κ2) is 8.33. The van der Waals surface area contributed by atoms with Crippen molar-refractivity contribution in [2.24, 2.45) is 0 Å². The van der Waals surface area contributed by atoms with E-state index in [9.17, 15) is 13.2 Å². The number of aryl methyl sites for hydroxylation is 3. The third-order valence-electron chi connectivity index (χ3n) is 4.07. The van der Waals surface area contributed by atoms with E-state index in [-0.39, 0.29) is 23.6 Å². The molecule has 6 nitrogen and oxygen atoms in total. The number of hydrogen-bond donors (Lipinski definition) is 1. The van der Waals surface area contributed by atoms with Gasteiger partial charge < -0.3 is 9.47 Å². The van der Waals surface area contributed by atoms with E-state index < -0.39 is 16.0 Å². The molecule has 0 heterocycles. The van der Waals surface area contributed by atoms with Crippen molar-refractivity contribution in [1.29, 1.82) is 0 Å². The van der Waals surface area contributed by atoms with Crippen LogP contribution in [0.2, 0.25) is 0 Å². The summed E-state index contributed by atoms with van der Waals surface area (Å²) in [6.07, 6.45) is 0. The van der Waals surface area contributed by atoms with Gasteiger partial charge in [0.25, 0.3) is 0 Å². The molecule has 0 unspecified atom stereocenters. The number of esters is 1. The van der Waals surface area contributed by atoms with Gasteiger partial charge in [-0.05, 0) is 61.7 Å². The lowest BCUT2D eigenvalue weighted by Crippen LogP contribution is -2.28. The Kier molecular flexibility index (Phi) is 6.39. The summed E-state index contributed by atoms with van der Waals surface area (Å²) < 4.78 is 37.5. The highest BCUT2D eigenvalue weighted by Crippen LogP contribution is 2.17. The summed E-state index contributed by atoms with van der Waals surface area (Å²) in [5.74, 6) is 0.119. The lowest BCUT2D eigenvalue weighted by Gasteiger charge is -2.11. The maximum absolute atomic E-state index is 12.4. The number of benzene rings is 2. The number of rotatable bonds is 7. The summed E-state index contributed by atoms with van der Waals surface area (Å²) in [5.41, 5.74) is 3.15. The molecule has 0 bridgehead atoms. The van der Waals surface area contributed by atoms with Gasteiger partial charge in [0.2, 0.25) is 10.0 Å². The molecular formula is C19H23NO5S. The van der Waals surface area contributed by atoms with Crippen LogP contribution in [-0.2, 0) is 14.8 Å². The first kappa shape index (κ1) is 19.9. The first-order valence-corrected chi connectivity index (χ1v) is 9.61. The fourth-order valence-electron chi connectivity index (χ4n) is 2.33. The van der Waals surface area contributed by atoms with Crippen LogP contribution >= 0.6 is 0 Å². The maximum atomic E-state index is 12.4. The number of sulfonamides is 1. The number of nitrogens with one attached hydrogen (secondary N) is 1. The van der Waals surface area contributed by atoms with Gasteiger partial charge in [-0.2, -0.15) is 0 Å². The molecule has 26 heavy (non-hydrogen) atoms.